The largest absolute Gasteiger partial charge is 0.497 e. The maximum Gasteiger partial charge on any atom is 0.255 e. The van der Waals surface area contributed by atoms with Crippen LogP contribution in [0, 0.1) is 0 Å². The molecule has 0 fully saturated rings. The number of amides is 1. The molecule has 0 saturated carbocycles. The maximum atomic E-state index is 13.4. The number of likely N-dealkylation sites (N-methyl/N-ethyl adjacent to an activating group) is 1. The standard InChI is InChI=1S/C27H29N5O2/c1-31(2)25(21-11-7-13-23(15-21)34-3)17-29-27(33)24-19-32(18-20-9-5-4-6-10-20)30-26(24)22-12-8-14-28-16-22/h4-16,19,25H,17-18H2,1-3H3,(H,29,33). The second kappa shape index (κ2) is 10.8. The van der Waals surface area contributed by atoms with E-state index in [2.05, 4.69) is 15.2 Å². The SMILES string of the molecule is COc1cccc(C(CNC(=O)c2cn(Cc3ccccc3)nc2-c2cccnc2)N(C)C)c1. The average Bonchev–Trinajstić information content (AvgIpc) is 3.29. The van der Waals surface area contributed by atoms with Gasteiger partial charge in [-0.3, -0.25) is 14.5 Å². The van der Waals surface area contributed by atoms with Crippen molar-refractivity contribution in [2.75, 3.05) is 27.7 Å². The van der Waals surface area contributed by atoms with Crippen molar-refractivity contribution in [3.05, 3.63) is 102 Å². The van der Waals surface area contributed by atoms with Gasteiger partial charge in [-0.15, -0.1) is 0 Å². The zero-order valence-electron chi connectivity index (χ0n) is 19.7. The van der Waals surface area contributed by atoms with Gasteiger partial charge in [-0.1, -0.05) is 42.5 Å². The van der Waals surface area contributed by atoms with Crippen molar-refractivity contribution in [1.29, 1.82) is 0 Å². The third-order valence-corrected chi connectivity index (χ3v) is 5.69. The van der Waals surface area contributed by atoms with E-state index in [4.69, 9.17) is 9.84 Å². The van der Waals surface area contributed by atoms with E-state index in [1.807, 2.05) is 80.8 Å². The Labute approximate surface area is 200 Å². The molecular formula is C27H29N5O2. The number of carbonyl (C=O) groups excluding carboxylic acids is 1. The van der Waals surface area contributed by atoms with Crippen LogP contribution >= 0.6 is 0 Å². The van der Waals surface area contributed by atoms with Crippen molar-refractivity contribution < 1.29 is 9.53 Å². The van der Waals surface area contributed by atoms with Crippen molar-refractivity contribution >= 4 is 5.91 Å². The van der Waals surface area contributed by atoms with Gasteiger partial charge in [0.05, 0.1) is 25.3 Å². The minimum Gasteiger partial charge on any atom is -0.497 e. The fraction of sp³-hybridized carbons (Fsp3) is 0.222. The van der Waals surface area contributed by atoms with Crippen LogP contribution < -0.4 is 10.1 Å². The normalized spacial score (nSPS) is 11.9. The number of carbonyl (C=O) groups is 1. The van der Waals surface area contributed by atoms with Gasteiger partial charge in [-0.2, -0.15) is 5.10 Å². The molecular weight excluding hydrogens is 426 g/mol. The third-order valence-electron chi connectivity index (χ3n) is 5.69. The van der Waals surface area contributed by atoms with Crippen LogP contribution in [0.15, 0.2) is 85.3 Å². The number of nitrogens with zero attached hydrogens (tertiary/aromatic N) is 4. The highest BCUT2D eigenvalue weighted by Crippen LogP contribution is 2.24. The summed E-state index contributed by atoms with van der Waals surface area (Å²) >= 11 is 0. The van der Waals surface area contributed by atoms with Gasteiger partial charge in [0.25, 0.3) is 5.91 Å². The predicted octanol–water partition coefficient (Wildman–Crippen LogP) is 4.03. The smallest absolute Gasteiger partial charge is 0.255 e. The van der Waals surface area contributed by atoms with Crippen LogP contribution in [0.1, 0.15) is 27.5 Å². The minimum absolute atomic E-state index is 0.0137. The summed E-state index contributed by atoms with van der Waals surface area (Å²) in [7, 11) is 5.64. The highest BCUT2D eigenvalue weighted by Gasteiger charge is 2.21. The van der Waals surface area contributed by atoms with E-state index in [-0.39, 0.29) is 11.9 Å². The highest BCUT2D eigenvalue weighted by atomic mass is 16.5. The Kier molecular flexibility index (Phi) is 7.34. The summed E-state index contributed by atoms with van der Waals surface area (Å²) in [5, 5.41) is 7.84. The quantitative estimate of drug-likeness (QED) is 0.413. The number of methoxy groups -OCH3 is 1. The zero-order valence-corrected chi connectivity index (χ0v) is 19.7. The van der Waals surface area contributed by atoms with Gasteiger partial charge in [0, 0.05) is 30.7 Å². The van der Waals surface area contributed by atoms with E-state index >= 15 is 0 Å². The summed E-state index contributed by atoms with van der Waals surface area (Å²) in [5.74, 6) is 0.615. The van der Waals surface area contributed by atoms with Crippen molar-refractivity contribution in [1.82, 2.24) is 25.0 Å². The van der Waals surface area contributed by atoms with Gasteiger partial charge in [0.2, 0.25) is 0 Å². The molecule has 1 N–H and O–H groups in total. The molecule has 0 aliphatic heterocycles. The topological polar surface area (TPSA) is 72.3 Å². The molecule has 1 atom stereocenters. The van der Waals surface area contributed by atoms with Crippen LogP contribution in [-0.4, -0.2) is 53.3 Å². The Morgan fingerprint density at radius 3 is 2.62 bits per heavy atom. The van der Waals surface area contributed by atoms with Gasteiger partial charge in [0.15, 0.2) is 0 Å². The molecule has 34 heavy (non-hydrogen) atoms. The van der Waals surface area contributed by atoms with Crippen LogP contribution in [0.5, 0.6) is 5.75 Å². The molecule has 0 aliphatic carbocycles. The number of rotatable bonds is 9. The first kappa shape index (κ1) is 23.2. The van der Waals surface area contributed by atoms with Crippen molar-refractivity contribution in [2.45, 2.75) is 12.6 Å². The van der Waals surface area contributed by atoms with Gasteiger partial charge in [0.1, 0.15) is 11.4 Å². The van der Waals surface area contributed by atoms with E-state index < -0.39 is 0 Å². The fourth-order valence-corrected chi connectivity index (χ4v) is 3.89. The average molecular weight is 456 g/mol. The van der Waals surface area contributed by atoms with Crippen LogP contribution in [0.25, 0.3) is 11.3 Å². The molecule has 2 heterocycles. The summed E-state index contributed by atoms with van der Waals surface area (Å²) in [4.78, 5) is 19.6. The number of pyridine rings is 1. The van der Waals surface area contributed by atoms with E-state index in [1.165, 1.54) is 0 Å². The molecule has 0 aliphatic rings. The number of nitrogens with one attached hydrogen (secondary N) is 1. The van der Waals surface area contributed by atoms with Gasteiger partial charge in [-0.05, 0) is 49.5 Å². The Bertz CT molecular complexity index is 1220. The molecule has 7 heteroatoms. The first-order valence-electron chi connectivity index (χ1n) is 11.2. The lowest BCUT2D eigenvalue weighted by molar-refractivity contribution is 0.0942. The monoisotopic (exact) mass is 455 g/mol. The summed E-state index contributed by atoms with van der Waals surface area (Å²) < 4.78 is 7.18. The van der Waals surface area contributed by atoms with Crippen molar-refractivity contribution in [3.63, 3.8) is 0 Å². The molecule has 0 saturated heterocycles. The molecule has 1 unspecified atom stereocenters. The Morgan fingerprint density at radius 2 is 1.91 bits per heavy atom. The number of benzene rings is 2. The third kappa shape index (κ3) is 5.50. The van der Waals surface area contributed by atoms with E-state index in [0.717, 1.165) is 22.4 Å². The number of aromatic nitrogens is 3. The summed E-state index contributed by atoms with van der Waals surface area (Å²) in [6.45, 7) is 1.01. The maximum absolute atomic E-state index is 13.4. The van der Waals surface area contributed by atoms with Gasteiger partial charge >= 0.3 is 0 Å². The fourth-order valence-electron chi connectivity index (χ4n) is 3.89. The molecule has 2 aromatic heterocycles. The number of ether oxygens (including phenoxy) is 1. The van der Waals surface area contributed by atoms with E-state index in [0.29, 0.717) is 24.3 Å². The second-order valence-corrected chi connectivity index (χ2v) is 8.28. The molecule has 2 aromatic carbocycles. The molecule has 0 bridgehead atoms. The second-order valence-electron chi connectivity index (χ2n) is 8.28. The lowest BCUT2D eigenvalue weighted by atomic mass is 10.0. The number of hydrogen-bond donors (Lipinski definition) is 1. The molecule has 7 nitrogen and oxygen atoms in total. The number of hydrogen-bond acceptors (Lipinski definition) is 5. The molecule has 4 rings (SSSR count). The van der Waals surface area contributed by atoms with Crippen LogP contribution in [0.3, 0.4) is 0 Å². The van der Waals surface area contributed by atoms with Crippen molar-refractivity contribution in [2.24, 2.45) is 0 Å². The van der Waals surface area contributed by atoms with Crippen LogP contribution in [0.2, 0.25) is 0 Å². The molecule has 0 spiro atoms. The van der Waals surface area contributed by atoms with Gasteiger partial charge < -0.3 is 15.0 Å². The molecule has 0 radical (unpaired) electrons. The Balaban J connectivity index is 1.58. The predicted molar refractivity (Wildman–Crippen MR) is 133 cm³/mol. The van der Waals surface area contributed by atoms with Crippen molar-refractivity contribution in [3.8, 4) is 17.0 Å². The summed E-state index contributed by atoms with van der Waals surface area (Å²) in [5.41, 5.74) is 4.12. The van der Waals surface area contributed by atoms with Crippen LogP contribution in [0.4, 0.5) is 0 Å². The minimum atomic E-state index is -0.173. The Hall–Kier alpha value is -3.97. The summed E-state index contributed by atoms with van der Waals surface area (Å²) in [6.07, 6.45) is 5.24. The first-order valence-corrected chi connectivity index (χ1v) is 11.2. The molecule has 4 aromatic rings. The Morgan fingerprint density at radius 1 is 1.09 bits per heavy atom. The van der Waals surface area contributed by atoms with Crippen LogP contribution in [-0.2, 0) is 6.54 Å². The lowest BCUT2D eigenvalue weighted by Crippen LogP contribution is -2.34. The van der Waals surface area contributed by atoms with E-state index in [1.54, 1.807) is 30.4 Å². The van der Waals surface area contributed by atoms with E-state index in [9.17, 15) is 4.79 Å². The first-order chi connectivity index (χ1) is 16.5. The molecule has 1 amide bonds. The van der Waals surface area contributed by atoms with Gasteiger partial charge in [-0.25, -0.2) is 0 Å². The zero-order chi connectivity index (χ0) is 23.9. The summed E-state index contributed by atoms with van der Waals surface area (Å²) in [6, 6.07) is 21.7. The lowest BCUT2D eigenvalue weighted by Gasteiger charge is -2.25. The molecule has 174 valence electrons. The highest BCUT2D eigenvalue weighted by molar-refractivity contribution is 5.99.